The third kappa shape index (κ3) is 4.33. The molecule has 1 atom stereocenters. The summed E-state index contributed by atoms with van der Waals surface area (Å²) >= 11 is 1.45. The minimum Gasteiger partial charge on any atom is -0.497 e. The number of nitrogens with zero attached hydrogens (tertiary/aromatic N) is 2. The first-order chi connectivity index (χ1) is 11.6. The number of carbonyl (C=O) groups excluding carboxylic acids is 1. The van der Waals surface area contributed by atoms with Gasteiger partial charge in [-0.3, -0.25) is 9.69 Å². The highest BCUT2D eigenvalue weighted by Crippen LogP contribution is 2.26. The molecule has 1 fully saturated rings. The van der Waals surface area contributed by atoms with E-state index in [1.165, 1.54) is 24.2 Å². The number of likely N-dealkylation sites (tertiary alicyclic amines) is 1. The first-order valence-corrected chi connectivity index (χ1v) is 9.14. The van der Waals surface area contributed by atoms with E-state index in [-0.39, 0.29) is 5.91 Å². The fourth-order valence-corrected chi connectivity index (χ4v) is 3.75. The molecule has 6 heteroatoms. The third-order valence-corrected chi connectivity index (χ3v) is 5.00. The van der Waals surface area contributed by atoms with E-state index in [9.17, 15) is 4.79 Å². The number of thiazole rings is 1. The summed E-state index contributed by atoms with van der Waals surface area (Å²) in [4.78, 5) is 18.9. The van der Waals surface area contributed by atoms with Gasteiger partial charge in [0.2, 0.25) is 5.91 Å². The summed E-state index contributed by atoms with van der Waals surface area (Å²) in [5.41, 5.74) is 1.88. The molecule has 2 heterocycles. The van der Waals surface area contributed by atoms with Crippen LogP contribution >= 0.6 is 11.3 Å². The molecule has 24 heavy (non-hydrogen) atoms. The van der Waals surface area contributed by atoms with Crippen LogP contribution < -0.4 is 10.1 Å². The van der Waals surface area contributed by atoms with Crippen molar-refractivity contribution in [3.8, 4) is 17.0 Å². The van der Waals surface area contributed by atoms with Gasteiger partial charge in [-0.05, 0) is 49.6 Å². The molecule has 1 N–H and O–H groups in total. The maximum atomic E-state index is 12.2. The minimum absolute atomic E-state index is 0.0136. The molecule has 0 bridgehead atoms. The zero-order chi connectivity index (χ0) is 16.9. The van der Waals surface area contributed by atoms with Gasteiger partial charge in [0.25, 0.3) is 0 Å². The second-order valence-corrected chi connectivity index (χ2v) is 7.16. The Bertz CT molecular complexity index is 684. The van der Waals surface area contributed by atoms with Crippen molar-refractivity contribution in [3.05, 3.63) is 29.6 Å². The van der Waals surface area contributed by atoms with Crippen molar-refractivity contribution in [2.24, 2.45) is 5.92 Å². The lowest BCUT2D eigenvalue weighted by Crippen LogP contribution is -2.39. The van der Waals surface area contributed by atoms with E-state index < -0.39 is 0 Å². The molecule has 5 nitrogen and oxygen atoms in total. The number of carbonyl (C=O) groups is 1. The number of anilines is 1. The Morgan fingerprint density at radius 1 is 1.42 bits per heavy atom. The van der Waals surface area contributed by atoms with Gasteiger partial charge in [-0.2, -0.15) is 0 Å². The van der Waals surface area contributed by atoms with Gasteiger partial charge in [-0.1, -0.05) is 6.92 Å². The molecule has 0 saturated carbocycles. The van der Waals surface area contributed by atoms with Gasteiger partial charge in [0.15, 0.2) is 5.13 Å². The fraction of sp³-hybridized carbons (Fsp3) is 0.444. The van der Waals surface area contributed by atoms with E-state index >= 15 is 0 Å². The molecular formula is C18H23N3O2S. The first kappa shape index (κ1) is 16.9. The molecule has 3 rings (SSSR count). The first-order valence-electron chi connectivity index (χ1n) is 8.26. The quantitative estimate of drug-likeness (QED) is 0.901. The minimum atomic E-state index is 0.0136. The van der Waals surface area contributed by atoms with Crippen molar-refractivity contribution in [2.75, 3.05) is 32.1 Å². The van der Waals surface area contributed by atoms with E-state index in [2.05, 4.69) is 22.1 Å². The van der Waals surface area contributed by atoms with Gasteiger partial charge in [0.05, 0.1) is 19.3 Å². The number of aromatic nitrogens is 1. The van der Waals surface area contributed by atoms with E-state index in [0.29, 0.717) is 17.6 Å². The van der Waals surface area contributed by atoms with Crippen LogP contribution in [-0.2, 0) is 4.79 Å². The second-order valence-electron chi connectivity index (χ2n) is 6.30. The van der Waals surface area contributed by atoms with Crippen LogP contribution in [0.2, 0.25) is 0 Å². The van der Waals surface area contributed by atoms with Gasteiger partial charge in [-0.25, -0.2) is 4.98 Å². The topological polar surface area (TPSA) is 54.5 Å². The molecule has 1 aliphatic heterocycles. The van der Waals surface area contributed by atoms with Crippen LogP contribution in [0.15, 0.2) is 29.6 Å². The average molecular weight is 345 g/mol. The Morgan fingerprint density at radius 3 is 2.92 bits per heavy atom. The number of hydrogen-bond acceptors (Lipinski definition) is 5. The maximum Gasteiger partial charge on any atom is 0.240 e. The molecule has 128 valence electrons. The Kier molecular flexibility index (Phi) is 5.48. The number of piperidine rings is 1. The van der Waals surface area contributed by atoms with Gasteiger partial charge >= 0.3 is 0 Å². The standard InChI is InChI=1S/C18H23N3O2S/c1-13-4-3-9-21(10-13)11-17(22)20-18-19-16(12-24-18)14-5-7-15(23-2)8-6-14/h5-8,12-13H,3-4,9-11H2,1-2H3,(H,19,20,22)/t13-/m0/s1. The molecule has 2 aromatic rings. The van der Waals surface area contributed by atoms with Gasteiger partial charge in [-0.15, -0.1) is 11.3 Å². The van der Waals surface area contributed by atoms with Gasteiger partial charge in [0.1, 0.15) is 5.75 Å². The summed E-state index contributed by atoms with van der Waals surface area (Å²) in [6.07, 6.45) is 2.43. The van der Waals surface area contributed by atoms with Gasteiger partial charge < -0.3 is 10.1 Å². The molecule has 1 amide bonds. The average Bonchev–Trinajstić information content (AvgIpc) is 3.03. The van der Waals surface area contributed by atoms with Crippen molar-refractivity contribution in [3.63, 3.8) is 0 Å². The van der Waals surface area contributed by atoms with Crippen LogP contribution in [0.25, 0.3) is 11.3 Å². The summed E-state index contributed by atoms with van der Waals surface area (Å²) in [5.74, 6) is 1.51. The zero-order valence-electron chi connectivity index (χ0n) is 14.1. The predicted octanol–water partition coefficient (Wildman–Crippen LogP) is 3.49. The lowest BCUT2D eigenvalue weighted by Gasteiger charge is -2.29. The molecule has 1 saturated heterocycles. The summed E-state index contributed by atoms with van der Waals surface area (Å²) in [7, 11) is 1.65. The van der Waals surface area contributed by atoms with Crippen LogP contribution in [-0.4, -0.2) is 42.5 Å². The summed E-state index contributed by atoms with van der Waals surface area (Å²) in [6, 6.07) is 7.75. The largest absolute Gasteiger partial charge is 0.497 e. The van der Waals surface area contributed by atoms with Crippen LogP contribution in [0.3, 0.4) is 0 Å². The van der Waals surface area contributed by atoms with Crippen molar-refractivity contribution < 1.29 is 9.53 Å². The molecule has 1 aromatic heterocycles. The second kappa shape index (κ2) is 7.77. The number of nitrogens with one attached hydrogen (secondary N) is 1. The zero-order valence-corrected chi connectivity index (χ0v) is 14.9. The number of methoxy groups -OCH3 is 1. The summed E-state index contributed by atoms with van der Waals surface area (Å²) in [6.45, 7) is 4.70. The van der Waals surface area contributed by atoms with Crippen molar-refractivity contribution in [1.82, 2.24) is 9.88 Å². The summed E-state index contributed by atoms with van der Waals surface area (Å²) < 4.78 is 5.16. The van der Waals surface area contributed by atoms with Crippen molar-refractivity contribution in [2.45, 2.75) is 19.8 Å². The third-order valence-electron chi connectivity index (χ3n) is 4.24. The lowest BCUT2D eigenvalue weighted by atomic mass is 10.0. The number of rotatable bonds is 5. The van der Waals surface area contributed by atoms with E-state index in [4.69, 9.17) is 4.74 Å². The lowest BCUT2D eigenvalue weighted by molar-refractivity contribution is -0.117. The van der Waals surface area contributed by atoms with Crippen LogP contribution in [0.4, 0.5) is 5.13 Å². The Morgan fingerprint density at radius 2 is 2.21 bits per heavy atom. The number of benzene rings is 1. The fourth-order valence-electron chi connectivity index (χ4n) is 3.02. The molecule has 1 aromatic carbocycles. The normalized spacial score (nSPS) is 18.3. The van der Waals surface area contributed by atoms with Crippen molar-refractivity contribution in [1.29, 1.82) is 0 Å². The number of amides is 1. The van der Waals surface area contributed by atoms with E-state index in [1.54, 1.807) is 7.11 Å². The Labute approximate surface area is 146 Å². The predicted molar refractivity (Wildman–Crippen MR) is 97.6 cm³/mol. The molecule has 1 aliphatic rings. The van der Waals surface area contributed by atoms with E-state index in [1.807, 2.05) is 29.6 Å². The number of hydrogen-bond donors (Lipinski definition) is 1. The van der Waals surface area contributed by atoms with Crippen LogP contribution in [0, 0.1) is 5.92 Å². The molecule has 0 aliphatic carbocycles. The summed E-state index contributed by atoms with van der Waals surface area (Å²) in [5, 5.41) is 5.53. The SMILES string of the molecule is COc1ccc(-c2csc(NC(=O)CN3CCC[C@H](C)C3)n2)cc1. The highest BCUT2D eigenvalue weighted by atomic mass is 32.1. The Balaban J connectivity index is 1.57. The van der Waals surface area contributed by atoms with E-state index in [0.717, 1.165) is 30.1 Å². The van der Waals surface area contributed by atoms with Crippen LogP contribution in [0.5, 0.6) is 5.75 Å². The van der Waals surface area contributed by atoms with Crippen LogP contribution in [0.1, 0.15) is 19.8 Å². The maximum absolute atomic E-state index is 12.2. The van der Waals surface area contributed by atoms with Gasteiger partial charge in [0, 0.05) is 17.5 Å². The Hall–Kier alpha value is -1.92. The molecular weight excluding hydrogens is 322 g/mol. The molecule has 0 spiro atoms. The molecule has 0 unspecified atom stereocenters. The highest BCUT2D eigenvalue weighted by molar-refractivity contribution is 7.14. The molecule has 0 radical (unpaired) electrons. The monoisotopic (exact) mass is 345 g/mol. The van der Waals surface area contributed by atoms with Crippen molar-refractivity contribution >= 4 is 22.4 Å². The number of ether oxygens (including phenoxy) is 1. The smallest absolute Gasteiger partial charge is 0.240 e. The highest BCUT2D eigenvalue weighted by Gasteiger charge is 2.19.